The minimum absolute atomic E-state index is 0.0746. The fourth-order valence-corrected chi connectivity index (χ4v) is 4.10. The molecule has 2 amide bonds. The van der Waals surface area contributed by atoms with Crippen LogP contribution in [-0.2, 0) is 9.53 Å². The van der Waals surface area contributed by atoms with Gasteiger partial charge in [0.1, 0.15) is 5.60 Å². The van der Waals surface area contributed by atoms with E-state index in [9.17, 15) is 24.6 Å². The van der Waals surface area contributed by atoms with E-state index in [1.54, 1.807) is 34.6 Å². The van der Waals surface area contributed by atoms with Crippen LogP contribution in [0.15, 0.2) is 42.5 Å². The highest BCUT2D eigenvalue weighted by Crippen LogP contribution is 2.30. The number of rotatable bonds is 8. The summed E-state index contributed by atoms with van der Waals surface area (Å²) in [6.07, 6.45) is -0.824. The smallest absolute Gasteiger partial charge is 0.408 e. The van der Waals surface area contributed by atoms with Gasteiger partial charge in [0.05, 0.1) is 24.1 Å². The number of fused-ring (bicyclic) bond motifs is 1. The third-order valence-electron chi connectivity index (χ3n) is 5.97. The van der Waals surface area contributed by atoms with Crippen LogP contribution >= 0.6 is 0 Å². The minimum Gasteiger partial charge on any atom is -0.494 e. The molecule has 0 aliphatic carbocycles. The van der Waals surface area contributed by atoms with Crippen molar-refractivity contribution in [1.29, 1.82) is 0 Å². The third-order valence-corrected chi connectivity index (χ3v) is 5.97. The van der Waals surface area contributed by atoms with Crippen molar-refractivity contribution in [3.05, 3.63) is 59.2 Å². The average molecular weight is 510 g/mol. The van der Waals surface area contributed by atoms with E-state index in [1.165, 1.54) is 6.92 Å². The van der Waals surface area contributed by atoms with E-state index in [4.69, 9.17) is 4.74 Å². The molecule has 37 heavy (non-hydrogen) atoms. The van der Waals surface area contributed by atoms with E-state index in [-0.39, 0.29) is 29.3 Å². The van der Waals surface area contributed by atoms with Crippen molar-refractivity contribution in [3.63, 3.8) is 0 Å². The number of alkyl carbamates (subject to hydrolysis) is 1. The molecular formula is C28H35N3O6. The van der Waals surface area contributed by atoms with E-state index < -0.39 is 41.3 Å². The van der Waals surface area contributed by atoms with Crippen molar-refractivity contribution in [2.24, 2.45) is 5.92 Å². The first kappa shape index (κ1) is 27.6. The van der Waals surface area contributed by atoms with Crippen LogP contribution in [0.3, 0.4) is 0 Å². The fourth-order valence-electron chi connectivity index (χ4n) is 4.10. The molecule has 1 aromatic heterocycles. The van der Waals surface area contributed by atoms with Crippen LogP contribution in [0.1, 0.15) is 68.6 Å². The molecule has 0 aliphatic heterocycles. The highest BCUT2D eigenvalue weighted by Gasteiger charge is 2.32. The Balaban J connectivity index is 1.86. The first-order valence-electron chi connectivity index (χ1n) is 12.2. The molecule has 9 heteroatoms. The normalized spacial score (nSPS) is 13.3. The maximum Gasteiger partial charge on any atom is 0.408 e. The summed E-state index contributed by atoms with van der Waals surface area (Å²) in [5, 5.41) is 27.5. The van der Waals surface area contributed by atoms with Crippen LogP contribution in [0.5, 0.6) is 11.8 Å². The lowest BCUT2D eigenvalue weighted by Gasteiger charge is -2.26. The van der Waals surface area contributed by atoms with Gasteiger partial charge < -0.3 is 25.6 Å². The number of aromatic amines is 1. The minimum atomic E-state index is -0.967. The number of carbonyl (C=O) groups excluding carboxylic acids is 3. The van der Waals surface area contributed by atoms with Crippen molar-refractivity contribution >= 4 is 28.6 Å². The zero-order valence-electron chi connectivity index (χ0n) is 22.0. The van der Waals surface area contributed by atoms with E-state index in [0.717, 1.165) is 10.8 Å². The zero-order chi connectivity index (χ0) is 27.5. The summed E-state index contributed by atoms with van der Waals surface area (Å²) in [4.78, 5) is 41.4. The maximum atomic E-state index is 13.2. The first-order valence-corrected chi connectivity index (χ1v) is 12.2. The van der Waals surface area contributed by atoms with Gasteiger partial charge in [-0.15, -0.1) is 0 Å². The molecule has 2 aromatic carbocycles. The lowest BCUT2D eigenvalue weighted by molar-refractivity contribution is -0.122. The molecule has 0 radical (unpaired) electrons. The Morgan fingerprint density at radius 1 is 0.973 bits per heavy atom. The Hall–Kier alpha value is -4.01. The molecule has 1 unspecified atom stereocenters. The zero-order valence-corrected chi connectivity index (χ0v) is 22.0. The van der Waals surface area contributed by atoms with Gasteiger partial charge in [-0.2, -0.15) is 0 Å². The van der Waals surface area contributed by atoms with Gasteiger partial charge in [-0.3, -0.25) is 14.6 Å². The van der Waals surface area contributed by atoms with Gasteiger partial charge in [-0.25, -0.2) is 4.79 Å². The second kappa shape index (κ2) is 10.9. The van der Waals surface area contributed by atoms with Gasteiger partial charge in [0.15, 0.2) is 11.7 Å². The lowest BCUT2D eigenvalue weighted by Crippen LogP contribution is -2.46. The number of H-pyrrole nitrogens is 1. The van der Waals surface area contributed by atoms with E-state index in [2.05, 4.69) is 15.6 Å². The molecule has 9 nitrogen and oxygen atoms in total. The van der Waals surface area contributed by atoms with Crippen LogP contribution in [-0.4, -0.2) is 44.6 Å². The quantitative estimate of drug-likeness (QED) is 0.275. The van der Waals surface area contributed by atoms with E-state index >= 15 is 0 Å². The average Bonchev–Trinajstić information content (AvgIpc) is 3.05. The molecular weight excluding hydrogens is 474 g/mol. The Bertz CT molecular complexity index is 1300. The predicted octanol–water partition coefficient (Wildman–Crippen LogP) is 4.87. The van der Waals surface area contributed by atoms with Gasteiger partial charge in [-0.1, -0.05) is 50.2 Å². The van der Waals surface area contributed by atoms with Gasteiger partial charge >= 0.3 is 6.09 Å². The number of aromatic hydroxyl groups is 2. The van der Waals surface area contributed by atoms with Crippen LogP contribution in [0.2, 0.25) is 0 Å². The van der Waals surface area contributed by atoms with Crippen molar-refractivity contribution in [2.45, 2.75) is 65.6 Å². The Morgan fingerprint density at radius 2 is 1.62 bits per heavy atom. The Morgan fingerprint density at radius 3 is 2.19 bits per heavy atom. The van der Waals surface area contributed by atoms with Gasteiger partial charge in [-0.05, 0) is 56.0 Å². The molecule has 3 aromatic rings. The number of ether oxygens (including phenoxy) is 1. The fraction of sp³-hybridized carbons (Fsp3) is 0.393. The number of aromatic nitrogens is 1. The first-order chi connectivity index (χ1) is 17.3. The Labute approximate surface area is 216 Å². The molecule has 5 N–H and O–H groups in total. The monoisotopic (exact) mass is 509 g/mol. The molecule has 0 saturated heterocycles. The summed E-state index contributed by atoms with van der Waals surface area (Å²) in [5.41, 5.74) is 0.103. The molecule has 0 bridgehead atoms. The van der Waals surface area contributed by atoms with Gasteiger partial charge in [0, 0.05) is 5.56 Å². The maximum absolute atomic E-state index is 13.2. The molecule has 2 atom stereocenters. The summed E-state index contributed by atoms with van der Waals surface area (Å²) in [7, 11) is 0. The van der Waals surface area contributed by atoms with Crippen LogP contribution in [0, 0.1) is 12.8 Å². The van der Waals surface area contributed by atoms with Crippen LogP contribution < -0.4 is 10.6 Å². The molecule has 198 valence electrons. The number of nitrogens with one attached hydrogen (secondary N) is 3. The second-order valence-corrected chi connectivity index (χ2v) is 10.5. The molecule has 0 fully saturated rings. The van der Waals surface area contributed by atoms with Crippen molar-refractivity contribution in [1.82, 2.24) is 15.6 Å². The molecule has 0 spiro atoms. The summed E-state index contributed by atoms with van der Waals surface area (Å²) < 4.78 is 5.41. The SMILES string of the molecule is Cc1c(O)[nH]c(O)c1C(=O)[C@@H](NC(=O)CC(NC(=O)OC(C)(C)C)c1ccc2ccccc2c1)C(C)C. The summed E-state index contributed by atoms with van der Waals surface area (Å²) >= 11 is 0. The van der Waals surface area contributed by atoms with Crippen LogP contribution in [0.25, 0.3) is 10.8 Å². The summed E-state index contributed by atoms with van der Waals surface area (Å²) in [6.45, 7) is 10.3. The number of hydrogen-bond acceptors (Lipinski definition) is 6. The van der Waals surface area contributed by atoms with E-state index in [0.29, 0.717) is 5.56 Å². The van der Waals surface area contributed by atoms with Crippen molar-refractivity contribution < 1.29 is 29.3 Å². The molecule has 0 saturated carbocycles. The lowest BCUT2D eigenvalue weighted by atomic mass is 9.93. The summed E-state index contributed by atoms with van der Waals surface area (Å²) in [6, 6.07) is 11.7. The highest BCUT2D eigenvalue weighted by molar-refractivity contribution is 6.05. The number of benzene rings is 2. The summed E-state index contributed by atoms with van der Waals surface area (Å²) in [5.74, 6) is -2.09. The molecule has 3 rings (SSSR count). The highest BCUT2D eigenvalue weighted by atomic mass is 16.6. The van der Waals surface area contributed by atoms with Crippen LogP contribution in [0.4, 0.5) is 4.79 Å². The number of amides is 2. The van der Waals surface area contributed by atoms with Gasteiger partial charge in [0.2, 0.25) is 11.8 Å². The molecule has 1 heterocycles. The Kier molecular flexibility index (Phi) is 8.15. The number of carbonyl (C=O) groups is 3. The number of hydrogen-bond donors (Lipinski definition) is 5. The van der Waals surface area contributed by atoms with Crippen molar-refractivity contribution in [2.75, 3.05) is 0 Å². The van der Waals surface area contributed by atoms with E-state index in [1.807, 2.05) is 42.5 Å². The standard InChI is InChI=1S/C28H35N3O6/c1-15(2)23(24(33)22-16(3)25(34)31-26(22)35)30-21(32)14-20(29-27(36)37-28(4,5)6)19-12-11-17-9-7-8-10-18(17)13-19/h7-13,15,20,23,31,34-35H,14H2,1-6H3,(H,29,36)(H,30,32)/t20?,23-/m0/s1. The topological polar surface area (TPSA) is 141 Å². The number of ketones is 1. The van der Waals surface area contributed by atoms with Crippen molar-refractivity contribution in [3.8, 4) is 11.8 Å². The second-order valence-electron chi connectivity index (χ2n) is 10.5. The largest absolute Gasteiger partial charge is 0.494 e. The third kappa shape index (κ3) is 6.81. The van der Waals surface area contributed by atoms with Gasteiger partial charge in [0.25, 0.3) is 0 Å². The predicted molar refractivity (Wildman–Crippen MR) is 141 cm³/mol. The number of Topliss-reactive ketones (excluding diaryl/α,β-unsaturated/α-hetero) is 1. The molecule has 0 aliphatic rings.